The first-order chi connectivity index (χ1) is 10.9. The molecule has 0 saturated heterocycles. The number of Topliss-reactive ketones (excluding diaryl/α,β-unsaturated/α-hetero) is 1. The summed E-state index contributed by atoms with van der Waals surface area (Å²) in [5.74, 6) is 1.27. The van der Waals surface area contributed by atoms with Gasteiger partial charge in [-0.2, -0.15) is 0 Å². The molecular weight excluding hydrogens is 294 g/mol. The van der Waals surface area contributed by atoms with E-state index in [0.29, 0.717) is 30.0 Å². The Balaban J connectivity index is 1.74. The summed E-state index contributed by atoms with van der Waals surface area (Å²) < 4.78 is 0. The van der Waals surface area contributed by atoms with Crippen LogP contribution < -0.4 is 10.3 Å². The molecule has 124 valence electrons. The van der Waals surface area contributed by atoms with Gasteiger partial charge in [-0.1, -0.05) is 18.7 Å². The number of anilines is 1. The minimum absolute atomic E-state index is 0.0712. The molecule has 0 aliphatic heterocycles. The molecule has 1 aromatic rings. The third-order valence-electron chi connectivity index (χ3n) is 6.73. The quantitative estimate of drug-likeness (QED) is 0.778. The summed E-state index contributed by atoms with van der Waals surface area (Å²) in [5, 5.41) is 30.4. The molecule has 0 aromatic heterocycles. The van der Waals surface area contributed by atoms with Crippen molar-refractivity contribution in [2.75, 3.05) is 5.23 Å². The second-order valence-electron chi connectivity index (χ2n) is 7.64. The second-order valence-corrected chi connectivity index (χ2v) is 7.64. The molecule has 0 bridgehead atoms. The largest absolute Gasteiger partial charge is 0.871 e. The van der Waals surface area contributed by atoms with E-state index in [-0.39, 0.29) is 22.1 Å². The Hall–Kier alpha value is -1.59. The van der Waals surface area contributed by atoms with Crippen LogP contribution in [0.5, 0.6) is 5.75 Å². The van der Waals surface area contributed by atoms with Crippen LogP contribution in [-0.2, 0) is 11.2 Å². The van der Waals surface area contributed by atoms with Crippen LogP contribution >= 0.6 is 0 Å². The van der Waals surface area contributed by atoms with Gasteiger partial charge in [-0.3, -0.25) is 15.2 Å². The molecule has 3 aliphatic rings. The Morgan fingerprint density at radius 2 is 2.00 bits per heavy atom. The number of fused-ring (bicyclic) bond motifs is 5. The van der Waals surface area contributed by atoms with Crippen LogP contribution in [0.15, 0.2) is 12.1 Å². The highest BCUT2D eigenvalue weighted by atomic mass is 16.8. The highest BCUT2D eigenvalue weighted by molar-refractivity contribution is 5.87. The predicted molar refractivity (Wildman–Crippen MR) is 81.6 cm³/mol. The van der Waals surface area contributed by atoms with Crippen molar-refractivity contribution in [3.63, 3.8) is 0 Å². The van der Waals surface area contributed by atoms with Crippen LogP contribution in [0, 0.1) is 17.3 Å². The van der Waals surface area contributed by atoms with E-state index in [2.05, 4.69) is 6.92 Å². The number of ketones is 1. The monoisotopic (exact) mass is 316 g/mol. The van der Waals surface area contributed by atoms with Gasteiger partial charge in [0, 0.05) is 11.8 Å². The SMILES string of the molecule is C[C@]12CCC3c4cc(N(O)O)c([O-])cc4CCC3C1CCC2=O. The number of nitrogens with zero attached hydrogens (tertiary/aromatic N) is 1. The fraction of sp³-hybridized carbons (Fsp3) is 0.611. The van der Waals surface area contributed by atoms with Crippen molar-refractivity contribution in [1.29, 1.82) is 0 Å². The molecule has 0 spiro atoms. The van der Waals surface area contributed by atoms with Gasteiger partial charge in [0.25, 0.3) is 0 Å². The Kier molecular flexibility index (Phi) is 3.22. The highest BCUT2D eigenvalue weighted by Gasteiger charge is 2.54. The van der Waals surface area contributed by atoms with Crippen molar-refractivity contribution < 1.29 is 20.3 Å². The van der Waals surface area contributed by atoms with E-state index in [1.807, 2.05) is 0 Å². The average molecular weight is 316 g/mol. The number of hydrogen-bond acceptors (Lipinski definition) is 5. The Morgan fingerprint density at radius 3 is 2.74 bits per heavy atom. The maximum atomic E-state index is 12.3. The van der Waals surface area contributed by atoms with Gasteiger partial charge in [-0.05, 0) is 67.1 Å². The standard InChI is InChI=1S/C18H23NO4/c1-18-7-6-11-12(14(18)4-5-17(18)21)3-2-10-8-16(20)15(19(22)23)9-13(10)11/h8-9,11-12,14,20,22-23H,2-7H2,1H3/p-1/t11?,12?,14?,18-/m0/s1. The molecule has 0 radical (unpaired) electrons. The molecule has 3 unspecified atom stereocenters. The van der Waals surface area contributed by atoms with Gasteiger partial charge in [-0.25, -0.2) is 0 Å². The lowest BCUT2D eigenvalue weighted by Gasteiger charge is -2.48. The number of hydrogen-bond donors (Lipinski definition) is 2. The van der Waals surface area contributed by atoms with Crippen LogP contribution in [-0.4, -0.2) is 16.2 Å². The van der Waals surface area contributed by atoms with Gasteiger partial charge in [0.05, 0.1) is 5.69 Å². The summed E-state index contributed by atoms with van der Waals surface area (Å²) in [5.41, 5.74) is 1.86. The van der Waals surface area contributed by atoms with E-state index in [1.54, 1.807) is 12.1 Å². The van der Waals surface area contributed by atoms with Gasteiger partial charge in [0.15, 0.2) is 0 Å². The lowest BCUT2D eigenvalue weighted by atomic mass is 9.55. The van der Waals surface area contributed by atoms with Crippen molar-refractivity contribution in [2.45, 2.75) is 51.4 Å². The molecular formula is C18H22NO4-. The molecule has 5 nitrogen and oxygen atoms in total. The molecule has 0 amide bonds. The fourth-order valence-corrected chi connectivity index (χ4v) is 5.51. The molecule has 0 heterocycles. The van der Waals surface area contributed by atoms with Crippen LogP contribution in [0.1, 0.15) is 56.1 Å². The Labute approximate surface area is 135 Å². The second kappa shape index (κ2) is 4.95. The van der Waals surface area contributed by atoms with E-state index < -0.39 is 0 Å². The van der Waals surface area contributed by atoms with E-state index in [4.69, 9.17) is 0 Å². The van der Waals surface area contributed by atoms with Crippen LogP contribution in [0.2, 0.25) is 0 Å². The van der Waals surface area contributed by atoms with Gasteiger partial charge in [-0.15, -0.1) is 5.23 Å². The summed E-state index contributed by atoms with van der Waals surface area (Å²) in [4.78, 5) is 12.3. The zero-order valence-corrected chi connectivity index (χ0v) is 13.3. The topological polar surface area (TPSA) is 83.8 Å². The van der Waals surface area contributed by atoms with Crippen molar-refractivity contribution in [3.8, 4) is 5.75 Å². The lowest BCUT2D eigenvalue weighted by molar-refractivity contribution is -0.268. The highest BCUT2D eigenvalue weighted by Crippen LogP contribution is 2.59. The van der Waals surface area contributed by atoms with Gasteiger partial charge >= 0.3 is 0 Å². The maximum absolute atomic E-state index is 12.3. The van der Waals surface area contributed by atoms with Crippen molar-refractivity contribution in [1.82, 2.24) is 0 Å². The number of carbonyl (C=O) groups excluding carboxylic acids is 1. The van der Waals surface area contributed by atoms with Crippen LogP contribution in [0.25, 0.3) is 0 Å². The van der Waals surface area contributed by atoms with Gasteiger partial charge < -0.3 is 5.11 Å². The summed E-state index contributed by atoms with van der Waals surface area (Å²) in [6.45, 7) is 2.13. The summed E-state index contributed by atoms with van der Waals surface area (Å²) >= 11 is 0. The molecule has 5 heteroatoms. The van der Waals surface area contributed by atoms with E-state index in [1.165, 1.54) is 0 Å². The third kappa shape index (κ3) is 2.03. The molecule has 23 heavy (non-hydrogen) atoms. The van der Waals surface area contributed by atoms with E-state index in [9.17, 15) is 20.3 Å². The minimum atomic E-state index is -0.358. The molecule has 2 N–H and O–H groups in total. The van der Waals surface area contributed by atoms with E-state index >= 15 is 0 Å². The minimum Gasteiger partial charge on any atom is -0.871 e. The molecule has 2 fully saturated rings. The summed E-state index contributed by atoms with van der Waals surface area (Å²) in [6.07, 6.45) is 5.36. The average Bonchev–Trinajstić information content (AvgIpc) is 2.81. The van der Waals surface area contributed by atoms with E-state index in [0.717, 1.165) is 43.2 Å². The van der Waals surface area contributed by atoms with Gasteiger partial charge in [0.2, 0.25) is 0 Å². The Morgan fingerprint density at radius 1 is 1.22 bits per heavy atom. The molecule has 3 aliphatic carbocycles. The van der Waals surface area contributed by atoms with Gasteiger partial charge in [0.1, 0.15) is 5.78 Å². The summed E-state index contributed by atoms with van der Waals surface area (Å²) in [7, 11) is 0. The Bertz CT molecular complexity index is 671. The molecule has 4 atom stereocenters. The first-order valence-corrected chi connectivity index (χ1v) is 8.47. The normalized spacial score (nSPS) is 35.4. The maximum Gasteiger partial charge on any atom is 0.139 e. The predicted octanol–water partition coefficient (Wildman–Crippen LogP) is 2.77. The zero-order valence-electron chi connectivity index (χ0n) is 13.3. The smallest absolute Gasteiger partial charge is 0.139 e. The number of rotatable bonds is 1. The fourth-order valence-electron chi connectivity index (χ4n) is 5.51. The van der Waals surface area contributed by atoms with Crippen LogP contribution in [0.4, 0.5) is 5.69 Å². The van der Waals surface area contributed by atoms with Crippen molar-refractivity contribution in [2.24, 2.45) is 17.3 Å². The molecule has 4 rings (SSSR count). The number of carbonyl (C=O) groups is 1. The number of aryl methyl sites for hydroxylation is 1. The lowest BCUT2D eigenvalue weighted by Crippen LogP contribution is -2.42. The summed E-state index contributed by atoms with van der Waals surface area (Å²) in [6, 6.07) is 3.20. The van der Waals surface area contributed by atoms with Crippen molar-refractivity contribution >= 4 is 11.5 Å². The first-order valence-electron chi connectivity index (χ1n) is 8.47. The molecule has 1 aromatic carbocycles. The van der Waals surface area contributed by atoms with Crippen molar-refractivity contribution in [3.05, 3.63) is 23.3 Å². The zero-order chi connectivity index (χ0) is 16.4. The number of benzene rings is 1. The first kappa shape index (κ1) is 15.0. The molecule has 2 saturated carbocycles. The third-order valence-corrected chi connectivity index (χ3v) is 6.73. The van der Waals surface area contributed by atoms with Crippen LogP contribution in [0.3, 0.4) is 0 Å².